The molecule has 2 rings (SSSR count). The lowest BCUT2D eigenvalue weighted by Gasteiger charge is -2.18. The molecule has 0 aromatic heterocycles. The molecule has 1 saturated heterocycles. The fourth-order valence-corrected chi connectivity index (χ4v) is 3.22. The van der Waals surface area contributed by atoms with Crippen LogP contribution in [0, 0.1) is 3.57 Å². The third kappa shape index (κ3) is 3.68. The van der Waals surface area contributed by atoms with E-state index in [1.54, 1.807) is 13.8 Å². The van der Waals surface area contributed by atoms with Crippen LogP contribution in [0.1, 0.15) is 25.5 Å². The van der Waals surface area contributed by atoms with E-state index in [1.165, 1.54) is 0 Å². The Balaban J connectivity index is 2.32. The van der Waals surface area contributed by atoms with E-state index in [1.807, 2.05) is 24.3 Å². The van der Waals surface area contributed by atoms with Crippen molar-refractivity contribution in [2.75, 3.05) is 7.11 Å². The molecular formula is C12H16INO5S. The number of benzene rings is 1. The van der Waals surface area contributed by atoms with Crippen LogP contribution >= 0.6 is 22.6 Å². The molecule has 0 radical (unpaired) electrons. The monoisotopic (exact) mass is 413 g/mol. The zero-order valence-electron chi connectivity index (χ0n) is 11.3. The highest BCUT2D eigenvalue weighted by atomic mass is 127. The molecule has 0 aliphatic carbocycles. The van der Waals surface area contributed by atoms with Gasteiger partial charge in [0.1, 0.15) is 6.10 Å². The van der Waals surface area contributed by atoms with Crippen LogP contribution in [0.2, 0.25) is 0 Å². The van der Waals surface area contributed by atoms with E-state index in [-0.39, 0.29) is 0 Å². The number of nitrogens with one attached hydrogen (secondary N) is 1. The third-order valence-electron chi connectivity index (χ3n) is 2.79. The van der Waals surface area contributed by atoms with Crippen LogP contribution in [0.5, 0.6) is 0 Å². The fraction of sp³-hybridized carbons (Fsp3) is 0.500. The van der Waals surface area contributed by atoms with Crippen molar-refractivity contribution in [1.82, 2.24) is 4.72 Å². The predicted octanol–water partition coefficient (Wildman–Crippen LogP) is 1.92. The number of ether oxygens (including phenoxy) is 2. The second kappa shape index (κ2) is 5.85. The van der Waals surface area contributed by atoms with E-state index in [9.17, 15) is 8.42 Å². The van der Waals surface area contributed by atoms with Gasteiger partial charge in [0.05, 0.1) is 7.11 Å². The maximum Gasteiger partial charge on any atom is 0.337 e. The number of hydrogen-bond donors (Lipinski definition) is 1. The van der Waals surface area contributed by atoms with Crippen LogP contribution in [-0.4, -0.2) is 27.5 Å². The molecule has 1 heterocycles. The van der Waals surface area contributed by atoms with E-state index in [2.05, 4.69) is 31.5 Å². The molecular weight excluding hydrogens is 397 g/mol. The van der Waals surface area contributed by atoms with Gasteiger partial charge in [0.2, 0.25) is 0 Å². The number of halogens is 1. The van der Waals surface area contributed by atoms with Crippen molar-refractivity contribution in [3.8, 4) is 0 Å². The second-order valence-electron chi connectivity index (χ2n) is 4.74. The summed E-state index contributed by atoms with van der Waals surface area (Å²) in [5.41, 5.74) is 0.863. The lowest BCUT2D eigenvalue weighted by molar-refractivity contribution is -0.147. The Morgan fingerprint density at radius 3 is 2.55 bits per heavy atom. The van der Waals surface area contributed by atoms with Gasteiger partial charge in [-0.1, -0.05) is 18.2 Å². The first kappa shape index (κ1) is 16.1. The Hall–Kier alpha value is -0.260. The van der Waals surface area contributed by atoms with Crippen molar-refractivity contribution >= 4 is 32.9 Å². The van der Waals surface area contributed by atoms with E-state index in [0.29, 0.717) is 0 Å². The SMILES string of the molecule is COS(=O)(=O)NC1OC(C)(C)OC1c1ccccc1I. The van der Waals surface area contributed by atoms with Crippen LogP contribution < -0.4 is 4.72 Å². The van der Waals surface area contributed by atoms with Crippen LogP contribution in [0.4, 0.5) is 0 Å². The molecule has 1 N–H and O–H groups in total. The van der Waals surface area contributed by atoms with Gasteiger partial charge in [0.15, 0.2) is 12.0 Å². The van der Waals surface area contributed by atoms with Crippen molar-refractivity contribution in [3.63, 3.8) is 0 Å². The van der Waals surface area contributed by atoms with Gasteiger partial charge >= 0.3 is 10.3 Å². The summed E-state index contributed by atoms with van der Waals surface area (Å²) in [4.78, 5) is 0. The fourth-order valence-electron chi connectivity index (χ4n) is 1.97. The van der Waals surface area contributed by atoms with Crippen LogP contribution in [0.25, 0.3) is 0 Å². The smallest absolute Gasteiger partial charge is 0.337 e. The molecule has 2 unspecified atom stereocenters. The Morgan fingerprint density at radius 2 is 1.95 bits per heavy atom. The van der Waals surface area contributed by atoms with E-state index < -0.39 is 28.4 Å². The minimum absolute atomic E-state index is 0.539. The highest BCUT2D eigenvalue weighted by Crippen LogP contribution is 2.38. The summed E-state index contributed by atoms with van der Waals surface area (Å²) in [5, 5.41) is 0. The van der Waals surface area contributed by atoms with Gasteiger partial charge in [-0.15, -0.1) is 0 Å². The summed E-state index contributed by atoms with van der Waals surface area (Å²) in [6.07, 6.45) is -1.38. The van der Waals surface area contributed by atoms with Gasteiger partial charge in [0, 0.05) is 3.57 Å². The number of hydrogen-bond acceptors (Lipinski definition) is 5. The van der Waals surface area contributed by atoms with Crippen molar-refractivity contribution in [1.29, 1.82) is 0 Å². The van der Waals surface area contributed by atoms with E-state index in [0.717, 1.165) is 16.2 Å². The first-order valence-electron chi connectivity index (χ1n) is 5.92. The summed E-state index contributed by atoms with van der Waals surface area (Å²) in [5.74, 6) is -0.884. The zero-order chi connectivity index (χ0) is 15.0. The van der Waals surface area contributed by atoms with Gasteiger partial charge in [-0.25, -0.2) is 0 Å². The zero-order valence-corrected chi connectivity index (χ0v) is 14.3. The Morgan fingerprint density at radius 1 is 1.30 bits per heavy atom. The molecule has 2 atom stereocenters. The Bertz CT molecular complexity index is 589. The molecule has 20 heavy (non-hydrogen) atoms. The summed E-state index contributed by atoms with van der Waals surface area (Å²) in [6, 6.07) is 7.58. The Kier molecular flexibility index (Phi) is 4.72. The molecule has 1 aromatic rings. The highest BCUT2D eigenvalue weighted by molar-refractivity contribution is 14.1. The molecule has 0 spiro atoms. The normalized spacial score (nSPS) is 25.8. The maximum atomic E-state index is 11.6. The molecule has 0 bridgehead atoms. The summed E-state index contributed by atoms with van der Waals surface area (Å²) in [7, 11) is -2.78. The topological polar surface area (TPSA) is 73.9 Å². The largest absolute Gasteiger partial charge is 0.338 e. The maximum absolute atomic E-state index is 11.6. The second-order valence-corrected chi connectivity index (χ2v) is 7.38. The van der Waals surface area contributed by atoms with Gasteiger partial charge in [-0.05, 0) is 48.1 Å². The minimum Gasteiger partial charge on any atom is -0.338 e. The summed E-state index contributed by atoms with van der Waals surface area (Å²) >= 11 is 2.17. The third-order valence-corrected chi connectivity index (χ3v) is 4.73. The summed E-state index contributed by atoms with van der Waals surface area (Å²) < 4.78 is 42.2. The van der Waals surface area contributed by atoms with Crippen LogP contribution in [0.15, 0.2) is 24.3 Å². The van der Waals surface area contributed by atoms with Gasteiger partial charge in [0.25, 0.3) is 0 Å². The predicted molar refractivity (Wildman–Crippen MR) is 81.0 cm³/mol. The quantitative estimate of drug-likeness (QED) is 0.764. The van der Waals surface area contributed by atoms with Gasteiger partial charge < -0.3 is 9.47 Å². The molecule has 0 amide bonds. The number of rotatable bonds is 4. The molecule has 1 fully saturated rings. The lowest BCUT2D eigenvalue weighted by Crippen LogP contribution is -2.39. The first-order chi connectivity index (χ1) is 9.24. The molecule has 1 aliphatic heterocycles. The average Bonchev–Trinajstić information content (AvgIpc) is 2.64. The van der Waals surface area contributed by atoms with Crippen LogP contribution in [0.3, 0.4) is 0 Å². The lowest BCUT2D eigenvalue weighted by atomic mass is 10.1. The molecule has 1 aliphatic rings. The minimum atomic E-state index is -3.86. The molecule has 8 heteroatoms. The van der Waals surface area contributed by atoms with Crippen molar-refractivity contribution in [2.45, 2.75) is 32.0 Å². The van der Waals surface area contributed by atoms with Crippen LogP contribution in [-0.2, 0) is 24.0 Å². The van der Waals surface area contributed by atoms with Gasteiger partial charge in [-0.3, -0.25) is 4.18 Å². The highest BCUT2D eigenvalue weighted by Gasteiger charge is 2.44. The Labute approximate surface area is 132 Å². The van der Waals surface area contributed by atoms with Crippen molar-refractivity contribution in [3.05, 3.63) is 33.4 Å². The summed E-state index contributed by atoms with van der Waals surface area (Å²) in [6.45, 7) is 3.47. The standard InChI is InChI=1S/C12H16INO5S/c1-12(2)18-10(8-6-4-5-7-9(8)13)11(19-12)14-20(15,16)17-3/h4-7,10-11,14H,1-3H3. The average molecular weight is 413 g/mol. The molecule has 1 aromatic carbocycles. The van der Waals surface area contributed by atoms with Gasteiger partial charge in [-0.2, -0.15) is 13.1 Å². The molecule has 0 saturated carbocycles. The molecule has 112 valence electrons. The van der Waals surface area contributed by atoms with Crippen molar-refractivity contribution < 1.29 is 22.1 Å². The molecule has 6 nitrogen and oxygen atoms in total. The van der Waals surface area contributed by atoms with Crippen molar-refractivity contribution in [2.24, 2.45) is 0 Å². The first-order valence-corrected chi connectivity index (χ1v) is 8.41. The van der Waals surface area contributed by atoms with E-state index >= 15 is 0 Å². The van der Waals surface area contributed by atoms with E-state index in [4.69, 9.17) is 9.47 Å².